The van der Waals surface area contributed by atoms with Crippen molar-refractivity contribution in [2.24, 2.45) is 0 Å². The Kier molecular flexibility index (Phi) is 6.15. The summed E-state index contributed by atoms with van der Waals surface area (Å²) in [6, 6.07) is 19.1. The van der Waals surface area contributed by atoms with Crippen molar-refractivity contribution in [1.82, 2.24) is 5.32 Å². The van der Waals surface area contributed by atoms with Gasteiger partial charge in [0, 0.05) is 10.6 Å². The molecule has 134 valence electrons. The van der Waals surface area contributed by atoms with Crippen LogP contribution < -0.4 is 15.4 Å². The fourth-order valence-electron chi connectivity index (χ4n) is 2.59. The minimum absolute atomic E-state index is 0.0980. The minimum atomic E-state index is -0.162. The lowest BCUT2D eigenvalue weighted by Crippen LogP contribution is -2.33. The van der Waals surface area contributed by atoms with Gasteiger partial charge in [-0.05, 0) is 35.2 Å². The Bertz CT molecular complexity index is 854. The largest absolute Gasteiger partial charge is 0.495 e. The minimum Gasteiger partial charge on any atom is -0.495 e. The predicted octanol–water partition coefficient (Wildman–Crippen LogP) is 4.73. The van der Waals surface area contributed by atoms with Crippen molar-refractivity contribution in [3.8, 4) is 5.75 Å². The number of nitrogens with one attached hydrogen (secondary N) is 2. The van der Waals surface area contributed by atoms with Gasteiger partial charge < -0.3 is 15.4 Å². The van der Waals surface area contributed by atoms with Crippen LogP contribution in [0.25, 0.3) is 0 Å². The highest BCUT2D eigenvalue weighted by atomic mass is 35.5. The maximum atomic E-state index is 12.5. The van der Waals surface area contributed by atoms with Crippen LogP contribution in [0.5, 0.6) is 5.75 Å². The van der Waals surface area contributed by atoms with E-state index < -0.39 is 0 Å². The van der Waals surface area contributed by atoms with Crippen molar-refractivity contribution in [2.45, 2.75) is 6.04 Å². The monoisotopic (exact) mass is 386 g/mol. The van der Waals surface area contributed by atoms with E-state index in [0.717, 1.165) is 16.1 Å². The van der Waals surface area contributed by atoms with Gasteiger partial charge in [0.2, 0.25) is 5.91 Å². The van der Waals surface area contributed by atoms with E-state index in [0.29, 0.717) is 10.8 Å². The number of carbonyl (C=O) groups excluding carboxylic acids is 1. The third kappa shape index (κ3) is 4.56. The van der Waals surface area contributed by atoms with Gasteiger partial charge in [0.05, 0.1) is 24.7 Å². The zero-order valence-corrected chi connectivity index (χ0v) is 15.8. The molecule has 2 N–H and O–H groups in total. The van der Waals surface area contributed by atoms with E-state index >= 15 is 0 Å². The van der Waals surface area contributed by atoms with Crippen molar-refractivity contribution in [1.29, 1.82) is 0 Å². The maximum absolute atomic E-state index is 12.5. The molecule has 6 heteroatoms. The SMILES string of the molecule is COc1ccc(NCC(=O)N[C@@H](c2ccccc2)c2cccs2)cc1Cl. The standard InChI is InChI=1S/C20H19ClN2O2S/c1-25-17-10-9-15(12-16(17)21)22-13-19(24)23-20(18-8-5-11-26-18)14-6-3-2-4-7-14/h2-12,20,22H,13H2,1H3,(H,23,24)/t20-/m0/s1. The number of thiophene rings is 1. The molecule has 0 unspecified atom stereocenters. The fourth-order valence-corrected chi connectivity index (χ4v) is 3.65. The highest BCUT2D eigenvalue weighted by Gasteiger charge is 2.17. The van der Waals surface area contributed by atoms with Gasteiger partial charge >= 0.3 is 0 Å². The maximum Gasteiger partial charge on any atom is 0.240 e. The molecule has 3 aromatic rings. The summed E-state index contributed by atoms with van der Waals surface area (Å²) in [5, 5.41) is 8.69. The second-order valence-corrected chi connectivity index (χ2v) is 7.02. The van der Waals surface area contributed by atoms with E-state index in [4.69, 9.17) is 16.3 Å². The number of halogens is 1. The third-order valence-corrected chi connectivity index (χ3v) is 5.10. The molecule has 0 spiro atoms. The van der Waals surface area contributed by atoms with Crippen LogP contribution in [0.3, 0.4) is 0 Å². The van der Waals surface area contributed by atoms with Crippen LogP contribution >= 0.6 is 22.9 Å². The zero-order chi connectivity index (χ0) is 18.4. The number of anilines is 1. The first-order chi connectivity index (χ1) is 12.7. The van der Waals surface area contributed by atoms with E-state index in [1.165, 1.54) is 0 Å². The summed E-state index contributed by atoms with van der Waals surface area (Å²) in [4.78, 5) is 13.6. The summed E-state index contributed by atoms with van der Waals surface area (Å²) >= 11 is 7.73. The topological polar surface area (TPSA) is 50.4 Å². The predicted molar refractivity (Wildman–Crippen MR) is 107 cm³/mol. The van der Waals surface area contributed by atoms with Crippen molar-refractivity contribution in [3.05, 3.63) is 81.5 Å². The zero-order valence-electron chi connectivity index (χ0n) is 14.2. The number of amides is 1. The molecule has 26 heavy (non-hydrogen) atoms. The first kappa shape index (κ1) is 18.3. The Labute approximate surface area is 161 Å². The molecular weight excluding hydrogens is 368 g/mol. The number of rotatable bonds is 7. The lowest BCUT2D eigenvalue weighted by atomic mass is 10.1. The molecule has 0 aliphatic heterocycles. The van der Waals surface area contributed by atoms with Gasteiger partial charge in [0.25, 0.3) is 0 Å². The summed E-state index contributed by atoms with van der Waals surface area (Å²) in [5.41, 5.74) is 1.81. The molecule has 0 bridgehead atoms. The second-order valence-electron chi connectivity index (χ2n) is 5.63. The van der Waals surface area contributed by atoms with Crippen LogP contribution in [0.2, 0.25) is 5.02 Å². The van der Waals surface area contributed by atoms with Crippen LogP contribution in [-0.4, -0.2) is 19.6 Å². The average Bonchev–Trinajstić information content (AvgIpc) is 3.19. The Morgan fingerprint density at radius 2 is 1.96 bits per heavy atom. The molecular formula is C20H19ClN2O2S. The summed E-state index contributed by atoms with van der Waals surface area (Å²) in [6.07, 6.45) is 0. The van der Waals surface area contributed by atoms with Gasteiger partial charge in [-0.1, -0.05) is 48.0 Å². The smallest absolute Gasteiger partial charge is 0.240 e. The lowest BCUT2D eigenvalue weighted by molar-refractivity contribution is -0.119. The molecule has 1 amide bonds. The van der Waals surface area contributed by atoms with Gasteiger partial charge in [-0.15, -0.1) is 11.3 Å². The Balaban J connectivity index is 1.66. The Morgan fingerprint density at radius 1 is 1.15 bits per heavy atom. The molecule has 0 radical (unpaired) electrons. The molecule has 1 aromatic heterocycles. The molecule has 1 atom stereocenters. The number of ether oxygens (including phenoxy) is 1. The van der Waals surface area contributed by atoms with Gasteiger partial charge in [0.1, 0.15) is 5.75 Å². The first-order valence-electron chi connectivity index (χ1n) is 8.12. The summed E-state index contributed by atoms with van der Waals surface area (Å²) in [5.74, 6) is 0.502. The third-order valence-electron chi connectivity index (χ3n) is 3.87. The van der Waals surface area contributed by atoms with E-state index in [1.807, 2.05) is 53.9 Å². The lowest BCUT2D eigenvalue weighted by Gasteiger charge is -2.18. The molecule has 0 saturated carbocycles. The van der Waals surface area contributed by atoms with Gasteiger partial charge in [-0.3, -0.25) is 4.79 Å². The van der Waals surface area contributed by atoms with E-state index in [-0.39, 0.29) is 18.5 Å². The summed E-state index contributed by atoms with van der Waals surface area (Å²) in [6.45, 7) is 0.150. The normalized spacial score (nSPS) is 11.6. The summed E-state index contributed by atoms with van der Waals surface area (Å²) in [7, 11) is 1.57. The number of hydrogen-bond donors (Lipinski definition) is 2. The molecule has 4 nitrogen and oxygen atoms in total. The van der Waals surface area contributed by atoms with Crippen molar-refractivity contribution >= 4 is 34.5 Å². The van der Waals surface area contributed by atoms with Crippen LogP contribution in [0.4, 0.5) is 5.69 Å². The van der Waals surface area contributed by atoms with E-state index in [9.17, 15) is 4.79 Å². The van der Waals surface area contributed by atoms with Crippen molar-refractivity contribution < 1.29 is 9.53 Å². The molecule has 0 fully saturated rings. The number of methoxy groups -OCH3 is 1. The van der Waals surface area contributed by atoms with Crippen molar-refractivity contribution in [3.63, 3.8) is 0 Å². The van der Waals surface area contributed by atoms with Crippen LogP contribution in [0.1, 0.15) is 16.5 Å². The van der Waals surface area contributed by atoms with E-state index in [1.54, 1.807) is 30.6 Å². The fraction of sp³-hybridized carbons (Fsp3) is 0.150. The van der Waals surface area contributed by atoms with Gasteiger partial charge in [-0.2, -0.15) is 0 Å². The Morgan fingerprint density at radius 3 is 2.62 bits per heavy atom. The number of carbonyl (C=O) groups is 1. The molecule has 3 rings (SSSR count). The van der Waals surface area contributed by atoms with E-state index in [2.05, 4.69) is 10.6 Å². The van der Waals surface area contributed by atoms with Crippen LogP contribution in [-0.2, 0) is 4.79 Å². The molecule has 1 heterocycles. The molecule has 0 saturated heterocycles. The quantitative estimate of drug-likeness (QED) is 0.617. The van der Waals surface area contributed by atoms with Crippen molar-refractivity contribution in [2.75, 3.05) is 19.0 Å². The summed E-state index contributed by atoms with van der Waals surface area (Å²) < 4.78 is 5.13. The highest BCUT2D eigenvalue weighted by Crippen LogP contribution is 2.28. The number of benzene rings is 2. The molecule has 0 aliphatic rings. The van der Waals surface area contributed by atoms with Gasteiger partial charge in [-0.25, -0.2) is 0 Å². The number of hydrogen-bond acceptors (Lipinski definition) is 4. The van der Waals surface area contributed by atoms with Crippen LogP contribution in [0.15, 0.2) is 66.0 Å². The second kappa shape index (κ2) is 8.74. The molecule has 2 aromatic carbocycles. The van der Waals surface area contributed by atoms with Gasteiger partial charge in [0.15, 0.2) is 0 Å². The first-order valence-corrected chi connectivity index (χ1v) is 9.38. The Hall–Kier alpha value is -2.50. The van der Waals surface area contributed by atoms with Crippen LogP contribution in [0, 0.1) is 0 Å². The molecule has 0 aliphatic carbocycles. The average molecular weight is 387 g/mol. The highest BCUT2D eigenvalue weighted by molar-refractivity contribution is 7.10.